The van der Waals surface area contributed by atoms with Crippen molar-refractivity contribution in [2.45, 2.75) is 33.9 Å². The van der Waals surface area contributed by atoms with Gasteiger partial charge in [0.05, 0.1) is 30.7 Å². The Balaban J connectivity index is 1.42. The molecule has 0 aliphatic rings. The Morgan fingerprint density at radius 2 is 1.76 bits per heavy atom. The number of ether oxygens (including phenoxy) is 2. The first-order chi connectivity index (χ1) is 17.8. The van der Waals surface area contributed by atoms with Crippen molar-refractivity contribution in [2.75, 3.05) is 12.4 Å². The number of hydrogen-bond acceptors (Lipinski definition) is 4. The van der Waals surface area contributed by atoms with Gasteiger partial charge in [-0.25, -0.2) is 4.39 Å². The molecule has 4 aromatic rings. The lowest BCUT2D eigenvalue weighted by atomic mass is 10.1. The van der Waals surface area contributed by atoms with Gasteiger partial charge in [-0.1, -0.05) is 35.9 Å². The van der Waals surface area contributed by atoms with Gasteiger partial charge in [-0.2, -0.15) is 5.10 Å². The minimum absolute atomic E-state index is 0.263. The number of aromatic nitrogens is 2. The Bertz CT molecular complexity index is 1410. The predicted molar refractivity (Wildman–Crippen MR) is 143 cm³/mol. The first kappa shape index (κ1) is 25.7. The number of nitrogens with one attached hydrogen (secondary N) is 1. The summed E-state index contributed by atoms with van der Waals surface area (Å²) in [5.74, 6) is 0.952. The quantitative estimate of drug-likeness (QED) is 0.277. The predicted octanol–water partition coefficient (Wildman–Crippen LogP) is 6.24. The van der Waals surface area contributed by atoms with Crippen LogP contribution in [-0.4, -0.2) is 22.8 Å². The van der Waals surface area contributed by atoms with Gasteiger partial charge in [0.2, 0.25) is 5.91 Å². The molecule has 0 aliphatic carbocycles. The van der Waals surface area contributed by atoms with Gasteiger partial charge in [-0.3, -0.25) is 9.48 Å². The molecule has 0 bridgehead atoms. The highest BCUT2D eigenvalue weighted by Crippen LogP contribution is 2.24. The molecule has 4 rings (SSSR count). The third kappa shape index (κ3) is 6.64. The van der Waals surface area contributed by atoms with Crippen molar-refractivity contribution in [3.63, 3.8) is 0 Å². The van der Waals surface area contributed by atoms with Crippen molar-refractivity contribution in [1.29, 1.82) is 0 Å². The number of methoxy groups -OCH3 is 1. The topological polar surface area (TPSA) is 65.4 Å². The Morgan fingerprint density at radius 1 is 1.03 bits per heavy atom. The van der Waals surface area contributed by atoms with Gasteiger partial charge in [-0.15, -0.1) is 0 Å². The number of rotatable bonds is 9. The molecule has 37 heavy (non-hydrogen) atoms. The van der Waals surface area contributed by atoms with E-state index in [9.17, 15) is 9.18 Å². The van der Waals surface area contributed by atoms with Crippen LogP contribution < -0.4 is 14.8 Å². The van der Waals surface area contributed by atoms with Gasteiger partial charge in [0, 0.05) is 11.6 Å². The smallest absolute Gasteiger partial charge is 0.248 e. The summed E-state index contributed by atoms with van der Waals surface area (Å²) in [6.45, 7) is 6.59. The number of hydrogen-bond donors (Lipinski definition) is 1. The number of anilines is 1. The fourth-order valence-electron chi connectivity index (χ4n) is 3.94. The second kappa shape index (κ2) is 11.6. The zero-order valence-corrected chi connectivity index (χ0v) is 21.4. The second-order valence-electron chi connectivity index (χ2n) is 8.83. The van der Waals surface area contributed by atoms with Crippen LogP contribution in [0.15, 0.2) is 72.8 Å². The number of benzene rings is 3. The molecule has 1 amide bonds. The lowest BCUT2D eigenvalue weighted by Gasteiger charge is -2.11. The molecule has 3 aromatic carbocycles. The summed E-state index contributed by atoms with van der Waals surface area (Å²) in [6.07, 6.45) is 3.24. The molecule has 190 valence electrons. The van der Waals surface area contributed by atoms with Crippen molar-refractivity contribution in [3.05, 3.63) is 112 Å². The maximum absolute atomic E-state index is 13.2. The maximum Gasteiger partial charge on any atom is 0.248 e. The molecule has 0 saturated carbocycles. The van der Waals surface area contributed by atoms with E-state index in [1.165, 1.54) is 23.8 Å². The molecule has 0 spiro atoms. The van der Waals surface area contributed by atoms with E-state index in [1.807, 2.05) is 63.2 Å². The van der Waals surface area contributed by atoms with Gasteiger partial charge < -0.3 is 14.8 Å². The van der Waals surface area contributed by atoms with E-state index < -0.39 is 0 Å². The highest BCUT2D eigenvalue weighted by Gasteiger charge is 2.14. The van der Waals surface area contributed by atoms with Crippen molar-refractivity contribution in [2.24, 2.45) is 0 Å². The van der Waals surface area contributed by atoms with E-state index >= 15 is 0 Å². The van der Waals surface area contributed by atoms with Crippen LogP contribution in [0.1, 0.15) is 33.6 Å². The van der Waals surface area contributed by atoms with Crippen molar-refractivity contribution >= 4 is 17.7 Å². The fraction of sp³-hybridized carbons (Fsp3) is 0.200. The Morgan fingerprint density at radius 3 is 2.46 bits per heavy atom. The second-order valence-corrected chi connectivity index (χ2v) is 8.83. The van der Waals surface area contributed by atoms with Crippen LogP contribution in [0, 0.1) is 26.6 Å². The molecule has 6 nitrogen and oxygen atoms in total. The van der Waals surface area contributed by atoms with Crippen LogP contribution in [0.3, 0.4) is 0 Å². The summed E-state index contributed by atoms with van der Waals surface area (Å²) < 4.78 is 26.4. The van der Waals surface area contributed by atoms with E-state index in [-0.39, 0.29) is 11.7 Å². The highest BCUT2D eigenvalue weighted by atomic mass is 19.1. The Labute approximate surface area is 216 Å². The monoisotopic (exact) mass is 499 g/mol. The average Bonchev–Trinajstić information content (AvgIpc) is 3.15. The molecule has 1 aromatic heterocycles. The molecular weight excluding hydrogens is 469 g/mol. The first-order valence-electron chi connectivity index (χ1n) is 12.0. The number of amides is 1. The van der Waals surface area contributed by atoms with Crippen molar-refractivity contribution in [3.8, 4) is 11.5 Å². The zero-order chi connectivity index (χ0) is 26.4. The molecule has 1 N–H and O–H groups in total. The fourth-order valence-corrected chi connectivity index (χ4v) is 3.94. The number of halogens is 1. The first-order valence-corrected chi connectivity index (χ1v) is 12.0. The average molecular weight is 500 g/mol. The van der Waals surface area contributed by atoms with E-state index in [4.69, 9.17) is 9.47 Å². The molecule has 0 atom stereocenters. The third-order valence-corrected chi connectivity index (χ3v) is 6.02. The number of aryl methyl sites for hydroxylation is 2. The molecular formula is C30H30FN3O3. The largest absolute Gasteiger partial charge is 0.496 e. The summed E-state index contributed by atoms with van der Waals surface area (Å²) in [5.41, 5.74) is 6.01. The van der Waals surface area contributed by atoms with Crippen molar-refractivity contribution in [1.82, 2.24) is 9.78 Å². The normalized spacial score (nSPS) is 11.1. The Hall–Kier alpha value is -4.39. The van der Waals surface area contributed by atoms with Gasteiger partial charge >= 0.3 is 0 Å². The third-order valence-electron chi connectivity index (χ3n) is 6.02. The molecule has 0 aliphatic heterocycles. The standard InChI is InChI=1S/C30H30FN3O3/c1-20-5-13-27(14-6-20)37-19-25-17-23(9-15-28(25)36-4)10-16-29(35)32-30-21(2)33-34(22(30)3)18-24-7-11-26(31)12-8-24/h5-17H,18-19H2,1-4H3,(H,32,35)/b16-10+. The van der Waals surface area contributed by atoms with Gasteiger partial charge in [0.1, 0.15) is 23.9 Å². The molecule has 0 saturated heterocycles. The van der Waals surface area contributed by atoms with Crippen LogP contribution in [0.25, 0.3) is 6.08 Å². The van der Waals surface area contributed by atoms with E-state index in [0.717, 1.165) is 28.1 Å². The maximum atomic E-state index is 13.2. The minimum Gasteiger partial charge on any atom is -0.496 e. The van der Waals surface area contributed by atoms with Crippen LogP contribution in [0.4, 0.5) is 10.1 Å². The van der Waals surface area contributed by atoms with Crippen LogP contribution in [0.5, 0.6) is 11.5 Å². The molecule has 1 heterocycles. The number of carbonyl (C=O) groups is 1. The zero-order valence-electron chi connectivity index (χ0n) is 21.4. The van der Waals surface area contributed by atoms with Crippen LogP contribution in [-0.2, 0) is 17.9 Å². The van der Waals surface area contributed by atoms with E-state index in [2.05, 4.69) is 10.4 Å². The Kier molecular flexibility index (Phi) is 8.03. The van der Waals surface area contributed by atoms with E-state index in [1.54, 1.807) is 30.0 Å². The van der Waals surface area contributed by atoms with Crippen LogP contribution >= 0.6 is 0 Å². The summed E-state index contributed by atoms with van der Waals surface area (Å²) >= 11 is 0. The minimum atomic E-state index is -0.278. The highest BCUT2D eigenvalue weighted by molar-refractivity contribution is 6.02. The van der Waals surface area contributed by atoms with Gasteiger partial charge in [-0.05, 0) is 74.4 Å². The number of carbonyl (C=O) groups excluding carboxylic acids is 1. The summed E-state index contributed by atoms with van der Waals surface area (Å²) in [4.78, 5) is 12.7. The summed E-state index contributed by atoms with van der Waals surface area (Å²) in [6, 6.07) is 19.8. The summed E-state index contributed by atoms with van der Waals surface area (Å²) in [5, 5.41) is 7.47. The SMILES string of the molecule is COc1ccc(/C=C/C(=O)Nc2c(C)nn(Cc3ccc(F)cc3)c2C)cc1COc1ccc(C)cc1. The molecule has 0 radical (unpaired) electrons. The lowest BCUT2D eigenvalue weighted by Crippen LogP contribution is -2.10. The van der Waals surface area contributed by atoms with Gasteiger partial charge in [0.15, 0.2) is 0 Å². The van der Waals surface area contributed by atoms with E-state index in [0.29, 0.717) is 30.3 Å². The molecule has 0 unspecified atom stereocenters. The summed E-state index contributed by atoms with van der Waals surface area (Å²) in [7, 11) is 1.62. The van der Waals surface area contributed by atoms with Gasteiger partial charge in [0.25, 0.3) is 0 Å². The van der Waals surface area contributed by atoms with Crippen LogP contribution in [0.2, 0.25) is 0 Å². The molecule has 7 heteroatoms. The van der Waals surface area contributed by atoms with Crippen molar-refractivity contribution < 1.29 is 18.7 Å². The molecule has 0 fully saturated rings. The lowest BCUT2D eigenvalue weighted by molar-refractivity contribution is -0.111. The number of nitrogens with zero attached hydrogens (tertiary/aromatic N) is 2.